The van der Waals surface area contributed by atoms with Crippen LogP contribution in [0.4, 0.5) is 4.39 Å². The van der Waals surface area contributed by atoms with E-state index in [1.165, 1.54) is 6.07 Å². The van der Waals surface area contributed by atoms with E-state index >= 15 is 0 Å². The zero-order chi connectivity index (χ0) is 9.97. The topological polar surface area (TPSA) is 24.1 Å². The summed E-state index contributed by atoms with van der Waals surface area (Å²) in [4.78, 5) is 0. The molecule has 0 amide bonds. The van der Waals surface area contributed by atoms with E-state index in [0.29, 0.717) is 4.47 Å². The molecule has 0 bridgehead atoms. The van der Waals surface area contributed by atoms with Crippen molar-refractivity contribution in [1.82, 2.24) is 10.6 Å². The van der Waals surface area contributed by atoms with Gasteiger partial charge in [0.15, 0.2) is 0 Å². The first-order valence-corrected chi connectivity index (χ1v) is 5.46. The lowest BCUT2D eigenvalue weighted by Crippen LogP contribution is -2.42. The Morgan fingerprint density at radius 1 is 1.33 bits per heavy atom. The van der Waals surface area contributed by atoms with E-state index in [-0.39, 0.29) is 24.3 Å². The zero-order valence-corrected chi connectivity index (χ0v) is 10.5. The first kappa shape index (κ1) is 12.9. The minimum absolute atomic E-state index is 0. The second-order valence-corrected chi connectivity index (χ2v) is 4.15. The van der Waals surface area contributed by atoms with Gasteiger partial charge in [-0.25, -0.2) is 4.39 Å². The van der Waals surface area contributed by atoms with Crippen LogP contribution in [-0.4, -0.2) is 19.6 Å². The molecular weight excluding hydrogens is 282 g/mol. The number of nitrogens with one attached hydrogen (secondary N) is 2. The quantitative estimate of drug-likeness (QED) is 0.830. The van der Waals surface area contributed by atoms with Crippen molar-refractivity contribution in [3.63, 3.8) is 0 Å². The third-order valence-corrected chi connectivity index (χ3v) is 3.23. The summed E-state index contributed by atoms with van der Waals surface area (Å²) in [6, 6.07) is 5.35. The molecule has 84 valence electrons. The molecule has 1 aromatic carbocycles. The third kappa shape index (κ3) is 2.91. The molecule has 1 fully saturated rings. The van der Waals surface area contributed by atoms with Gasteiger partial charge in [-0.2, -0.15) is 0 Å². The smallest absolute Gasteiger partial charge is 0.137 e. The second-order valence-electron chi connectivity index (χ2n) is 3.35. The average molecular weight is 296 g/mol. The Balaban J connectivity index is 0.00000112. The maximum atomic E-state index is 13.2. The van der Waals surface area contributed by atoms with Crippen LogP contribution in [0.1, 0.15) is 11.6 Å². The summed E-state index contributed by atoms with van der Waals surface area (Å²) in [7, 11) is 0. The van der Waals surface area contributed by atoms with Crippen LogP contribution in [0.15, 0.2) is 22.7 Å². The van der Waals surface area contributed by atoms with Crippen LogP contribution in [0.25, 0.3) is 0 Å². The Morgan fingerprint density at radius 3 is 2.80 bits per heavy atom. The van der Waals surface area contributed by atoms with E-state index < -0.39 is 0 Å². The Kier molecular flexibility index (Phi) is 4.99. The predicted molar refractivity (Wildman–Crippen MR) is 65.0 cm³/mol. The van der Waals surface area contributed by atoms with Gasteiger partial charge in [-0.1, -0.05) is 12.1 Å². The largest absolute Gasteiger partial charge is 0.314 e. The van der Waals surface area contributed by atoms with Gasteiger partial charge in [0.1, 0.15) is 5.82 Å². The second kappa shape index (κ2) is 5.80. The number of piperazine rings is 1. The van der Waals surface area contributed by atoms with Gasteiger partial charge in [0.25, 0.3) is 0 Å². The molecule has 1 aromatic rings. The SMILES string of the molecule is Cl.Fc1cccc([C@@H]2CNCCN2)c1Br. The van der Waals surface area contributed by atoms with Gasteiger partial charge in [-0.15, -0.1) is 12.4 Å². The van der Waals surface area contributed by atoms with E-state index in [1.54, 1.807) is 6.07 Å². The zero-order valence-electron chi connectivity index (χ0n) is 8.09. The molecule has 1 saturated heterocycles. The fraction of sp³-hybridized carbons (Fsp3) is 0.400. The standard InChI is InChI=1S/C10H12BrFN2.ClH/c11-10-7(2-1-3-8(10)12)9-6-13-4-5-14-9;/h1-3,9,13-14H,4-6H2;1H/t9-;/m0./s1. The number of halogens is 3. The van der Waals surface area contributed by atoms with E-state index in [0.717, 1.165) is 25.2 Å². The molecule has 0 radical (unpaired) electrons. The van der Waals surface area contributed by atoms with Gasteiger partial charge in [0.05, 0.1) is 4.47 Å². The summed E-state index contributed by atoms with van der Waals surface area (Å²) in [5.74, 6) is -0.199. The molecule has 0 aromatic heterocycles. The summed E-state index contributed by atoms with van der Waals surface area (Å²) in [5.41, 5.74) is 0.984. The molecule has 1 aliphatic heterocycles. The molecule has 0 aliphatic carbocycles. The van der Waals surface area contributed by atoms with Gasteiger partial charge in [-0.05, 0) is 27.6 Å². The molecule has 2 N–H and O–H groups in total. The lowest BCUT2D eigenvalue weighted by Gasteiger charge is -2.25. The molecule has 15 heavy (non-hydrogen) atoms. The molecular formula is C10H13BrClFN2. The fourth-order valence-electron chi connectivity index (χ4n) is 1.66. The van der Waals surface area contributed by atoms with Crippen LogP contribution in [-0.2, 0) is 0 Å². The highest BCUT2D eigenvalue weighted by Gasteiger charge is 2.17. The van der Waals surface area contributed by atoms with Crippen LogP contribution < -0.4 is 10.6 Å². The van der Waals surface area contributed by atoms with Crippen molar-refractivity contribution in [3.05, 3.63) is 34.1 Å². The lowest BCUT2D eigenvalue weighted by molar-refractivity contribution is 0.427. The van der Waals surface area contributed by atoms with Crippen molar-refractivity contribution in [1.29, 1.82) is 0 Å². The Hall–Kier alpha value is -0.160. The monoisotopic (exact) mass is 294 g/mol. The maximum Gasteiger partial charge on any atom is 0.137 e. The maximum absolute atomic E-state index is 13.2. The number of benzene rings is 1. The Bertz CT molecular complexity index is 329. The summed E-state index contributed by atoms with van der Waals surface area (Å²) in [5, 5.41) is 6.62. The molecule has 0 spiro atoms. The third-order valence-electron chi connectivity index (χ3n) is 2.40. The molecule has 1 aliphatic rings. The molecule has 1 heterocycles. The highest BCUT2D eigenvalue weighted by Crippen LogP contribution is 2.26. The fourth-order valence-corrected chi connectivity index (χ4v) is 2.20. The summed E-state index contributed by atoms with van der Waals surface area (Å²) in [6.07, 6.45) is 0. The molecule has 2 nitrogen and oxygen atoms in total. The van der Waals surface area contributed by atoms with Gasteiger partial charge in [0.2, 0.25) is 0 Å². The Morgan fingerprint density at radius 2 is 2.13 bits per heavy atom. The van der Waals surface area contributed by atoms with Crippen molar-refractivity contribution in [2.75, 3.05) is 19.6 Å². The molecule has 0 saturated carbocycles. The number of rotatable bonds is 1. The van der Waals surface area contributed by atoms with Crippen molar-refractivity contribution in [2.24, 2.45) is 0 Å². The molecule has 0 unspecified atom stereocenters. The van der Waals surface area contributed by atoms with Crippen molar-refractivity contribution < 1.29 is 4.39 Å². The van der Waals surface area contributed by atoms with Crippen LogP contribution in [0.2, 0.25) is 0 Å². The Labute approximate surface area is 103 Å². The summed E-state index contributed by atoms with van der Waals surface area (Å²) >= 11 is 3.27. The van der Waals surface area contributed by atoms with Crippen molar-refractivity contribution in [2.45, 2.75) is 6.04 Å². The van der Waals surface area contributed by atoms with Crippen molar-refractivity contribution in [3.8, 4) is 0 Å². The van der Waals surface area contributed by atoms with Gasteiger partial charge in [-0.3, -0.25) is 0 Å². The molecule has 2 rings (SSSR count). The van der Waals surface area contributed by atoms with Crippen LogP contribution in [0, 0.1) is 5.82 Å². The molecule has 1 atom stereocenters. The van der Waals surface area contributed by atoms with Crippen molar-refractivity contribution >= 4 is 28.3 Å². The van der Waals surface area contributed by atoms with E-state index in [2.05, 4.69) is 26.6 Å². The summed E-state index contributed by atoms with van der Waals surface area (Å²) < 4.78 is 13.8. The minimum atomic E-state index is -0.199. The van der Waals surface area contributed by atoms with E-state index in [4.69, 9.17) is 0 Å². The first-order chi connectivity index (χ1) is 6.79. The van der Waals surface area contributed by atoms with Gasteiger partial charge in [0, 0.05) is 25.7 Å². The van der Waals surface area contributed by atoms with Crippen LogP contribution in [0.5, 0.6) is 0 Å². The van der Waals surface area contributed by atoms with Gasteiger partial charge >= 0.3 is 0 Å². The van der Waals surface area contributed by atoms with Gasteiger partial charge < -0.3 is 10.6 Å². The minimum Gasteiger partial charge on any atom is -0.314 e. The predicted octanol–water partition coefficient (Wildman–Crippen LogP) is 2.24. The average Bonchev–Trinajstić information content (AvgIpc) is 2.23. The lowest BCUT2D eigenvalue weighted by atomic mass is 10.1. The highest BCUT2D eigenvalue weighted by atomic mass is 79.9. The number of hydrogen-bond acceptors (Lipinski definition) is 2. The first-order valence-electron chi connectivity index (χ1n) is 4.67. The van der Waals surface area contributed by atoms with Crippen LogP contribution >= 0.6 is 28.3 Å². The van der Waals surface area contributed by atoms with Crippen LogP contribution in [0.3, 0.4) is 0 Å². The highest BCUT2D eigenvalue weighted by molar-refractivity contribution is 9.10. The molecule has 5 heteroatoms. The normalized spacial score (nSPS) is 20.8. The summed E-state index contributed by atoms with van der Waals surface area (Å²) in [6.45, 7) is 2.75. The van der Waals surface area contributed by atoms with E-state index in [1.807, 2.05) is 6.07 Å². The van der Waals surface area contributed by atoms with E-state index in [9.17, 15) is 4.39 Å². The number of hydrogen-bond donors (Lipinski definition) is 2.